The van der Waals surface area contributed by atoms with Crippen LogP contribution in [0.3, 0.4) is 0 Å². The summed E-state index contributed by atoms with van der Waals surface area (Å²) >= 11 is 4.01. The van der Waals surface area contributed by atoms with Crippen molar-refractivity contribution in [2.45, 2.75) is 25.9 Å². The van der Waals surface area contributed by atoms with E-state index >= 15 is 0 Å². The largest absolute Gasteiger partial charge is 0.325 e. The first-order chi connectivity index (χ1) is 5.57. The van der Waals surface area contributed by atoms with Gasteiger partial charge in [0.25, 0.3) is 5.91 Å². The molecule has 5 heteroatoms. The molecule has 0 radical (unpaired) electrons. The Morgan fingerprint density at radius 3 is 2.50 bits per heavy atom. The number of hydrogen-bond donors (Lipinski definition) is 2. The second-order valence-electron chi connectivity index (χ2n) is 2.99. The molecule has 1 atom stereocenters. The molecule has 1 saturated heterocycles. The standard InChI is InChI=1S/C7H12N2O2S/c1-4(2)9-5(3-12)6(10)8-7(9)11/h4-5,12H,3H2,1-2H3,(H,8,10,11). The van der Waals surface area contributed by atoms with Crippen molar-refractivity contribution in [3.05, 3.63) is 0 Å². The van der Waals surface area contributed by atoms with Crippen molar-refractivity contribution in [2.24, 2.45) is 0 Å². The monoisotopic (exact) mass is 188 g/mol. The van der Waals surface area contributed by atoms with E-state index in [2.05, 4.69) is 17.9 Å². The van der Waals surface area contributed by atoms with Crippen LogP contribution in [0.5, 0.6) is 0 Å². The molecule has 1 N–H and O–H groups in total. The minimum atomic E-state index is -0.402. The quantitative estimate of drug-likeness (QED) is 0.482. The third-order valence-electron chi connectivity index (χ3n) is 1.83. The molecule has 1 rings (SSSR count). The molecular formula is C7H12N2O2S. The van der Waals surface area contributed by atoms with Crippen molar-refractivity contribution in [2.75, 3.05) is 5.75 Å². The first-order valence-electron chi connectivity index (χ1n) is 3.82. The second kappa shape index (κ2) is 3.35. The van der Waals surface area contributed by atoms with Gasteiger partial charge < -0.3 is 4.90 Å². The van der Waals surface area contributed by atoms with Gasteiger partial charge in [0, 0.05) is 11.8 Å². The number of amides is 3. The van der Waals surface area contributed by atoms with Crippen LogP contribution >= 0.6 is 12.6 Å². The summed E-state index contributed by atoms with van der Waals surface area (Å²) in [5, 5.41) is 2.25. The smallest absolute Gasteiger partial charge is 0.309 e. The zero-order valence-electron chi connectivity index (χ0n) is 7.07. The number of nitrogens with zero attached hydrogens (tertiary/aromatic N) is 1. The Morgan fingerprint density at radius 1 is 1.58 bits per heavy atom. The average Bonchev–Trinajstić information content (AvgIpc) is 2.24. The van der Waals surface area contributed by atoms with E-state index in [1.165, 1.54) is 4.90 Å². The molecule has 1 fully saturated rings. The lowest BCUT2D eigenvalue weighted by Gasteiger charge is -2.23. The number of hydrogen-bond acceptors (Lipinski definition) is 3. The van der Waals surface area contributed by atoms with E-state index in [0.717, 1.165) is 0 Å². The molecule has 1 unspecified atom stereocenters. The summed E-state index contributed by atoms with van der Waals surface area (Å²) in [6.07, 6.45) is 0. The van der Waals surface area contributed by atoms with Crippen LogP contribution in [0.1, 0.15) is 13.8 Å². The molecule has 1 aliphatic rings. The minimum Gasteiger partial charge on any atom is -0.309 e. The molecule has 0 bridgehead atoms. The van der Waals surface area contributed by atoms with Gasteiger partial charge >= 0.3 is 6.03 Å². The molecule has 0 aromatic rings. The molecule has 12 heavy (non-hydrogen) atoms. The predicted octanol–water partition coefficient (Wildman–Crippen LogP) is 0.245. The topological polar surface area (TPSA) is 49.4 Å². The SMILES string of the molecule is CC(C)N1C(=O)NC(=O)C1CS. The number of thiol groups is 1. The van der Waals surface area contributed by atoms with Gasteiger partial charge in [0.05, 0.1) is 0 Å². The van der Waals surface area contributed by atoms with E-state index in [1.807, 2.05) is 13.8 Å². The summed E-state index contributed by atoms with van der Waals surface area (Å²) in [5.74, 6) is 0.124. The van der Waals surface area contributed by atoms with E-state index in [4.69, 9.17) is 0 Å². The zero-order valence-corrected chi connectivity index (χ0v) is 7.97. The summed E-state index contributed by atoms with van der Waals surface area (Å²) in [5.41, 5.74) is 0. The molecule has 0 aliphatic carbocycles. The first kappa shape index (κ1) is 9.38. The van der Waals surface area contributed by atoms with E-state index < -0.39 is 6.04 Å². The molecule has 0 aromatic carbocycles. The maximum Gasteiger partial charge on any atom is 0.325 e. The fraction of sp³-hybridized carbons (Fsp3) is 0.714. The van der Waals surface area contributed by atoms with Crippen molar-refractivity contribution >= 4 is 24.6 Å². The molecule has 0 aromatic heterocycles. The lowest BCUT2D eigenvalue weighted by atomic mass is 10.2. The van der Waals surface area contributed by atoms with Crippen LogP contribution in [0.15, 0.2) is 0 Å². The first-order valence-corrected chi connectivity index (χ1v) is 4.45. The van der Waals surface area contributed by atoms with Crippen LogP contribution in [0.25, 0.3) is 0 Å². The van der Waals surface area contributed by atoms with Crippen molar-refractivity contribution in [3.63, 3.8) is 0 Å². The minimum absolute atomic E-state index is 0.0357. The number of carbonyl (C=O) groups is 2. The van der Waals surface area contributed by atoms with E-state index in [-0.39, 0.29) is 18.0 Å². The van der Waals surface area contributed by atoms with Crippen molar-refractivity contribution < 1.29 is 9.59 Å². The maximum absolute atomic E-state index is 11.2. The van der Waals surface area contributed by atoms with E-state index in [0.29, 0.717) is 5.75 Å². The molecular weight excluding hydrogens is 176 g/mol. The van der Waals surface area contributed by atoms with Gasteiger partial charge in [-0.05, 0) is 13.8 Å². The van der Waals surface area contributed by atoms with E-state index in [9.17, 15) is 9.59 Å². The Balaban J connectivity index is 2.82. The van der Waals surface area contributed by atoms with E-state index in [1.54, 1.807) is 0 Å². The van der Waals surface area contributed by atoms with Gasteiger partial charge in [-0.1, -0.05) is 0 Å². The lowest BCUT2D eigenvalue weighted by molar-refractivity contribution is -0.121. The van der Waals surface area contributed by atoms with Crippen LogP contribution in [-0.2, 0) is 4.79 Å². The summed E-state index contributed by atoms with van der Waals surface area (Å²) in [6, 6.07) is -0.677. The molecule has 1 aliphatic heterocycles. The van der Waals surface area contributed by atoms with Crippen LogP contribution in [0, 0.1) is 0 Å². The van der Waals surface area contributed by atoms with Gasteiger partial charge in [0.2, 0.25) is 0 Å². The Labute approximate surface area is 76.7 Å². The highest BCUT2D eigenvalue weighted by Crippen LogP contribution is 2.13. The van der Waals surface area contributed by atoms with Gasteiger partial charge in [-0.2, -0.15) is 12.6 Å². The van der Waals surface area contributed by atoms with Crippen LogP contribution in [0.2, 0.25) is 0 Å². The highest BCUT2D eigenvalue weighted by Gasteiger charge is 2.38. The number of nitrogens with one attached hydrogen (secondary N) is 1. The fourth-order valence-electron chi connectivity index (χ4n) is 1.29. The molecule has 1 heterocycles. The van der Waals surface area contributed by atoms with Gasteiger partial charge in [-0.15, -0.1) is 0 Å². The molecule has 3 amide bonds. The number of urea groups is 1. The van der Waals surface area contributed by atoms with Crippen LogP contribution in [-0.4, -0.2) is 34.7 Å². The zero-order chi connectivity index (χ0) is 9.30. The second-order valence-corrected chi connectivity index (χ2v) is 3.36. The highest BCUT2D eigenvalue weighted by atomic mass is 32.1. The van der Waals surface area contributed by atoms with Crippen LogP contribution in [0.4, 0.5) is 4.79 Å². The molecule has 68 valence electrons. The number of rotatable bonds is 2. The predicted molar refractivity (Wildman–Crippen MR) is 48.2 cm³/mol. The maximum atomic E-state index is 11.2. The third kappa shape index (κ3) is 1.41. The fourth-order valence-corrected chi connectivity index (χ4v) is 1.63. The Hall–Kier alpha value is -0.710. The number of carbonyl (C=O) groups excluding carboxylic acids is 2. The summed E-state index contributed by atoms with van der Waals surface area (Å²) < 4.78 is 0. The van der Waals surface area contributed by atoms with Crippen molar-refractivity contribution in [1.82, 2.24) is 10.2 Å². The van der Waals surface area contributed by atoms with Crippen molar-refractivity contribution in [3.8, 4) is 0 Å². The normalized spacial score (nSPS) is 23.7. The average molecular weight is 188 g/mol. The Morgan fingerprint density at radius 2 is 2.17 bits per heavy atom. The molecule has 0 saturated carbocycles. The number of imide groups is 1. The van der Waals surface area contributed by atoms with Gasteiger partial charge in [-0.3, -0.25) is 10.1 Å². The molecule has 0 spiro atoms. The Bertz CT molecular complexity index is 217. The van der Waals surface area contributed by atoms with Crippen molar-refractivity contribution in [1.29, 1.82) is 0 Å². The van der Waals surface area contributed by atoms with Gasteiger partial charge in [-0.25, -0.2) is 4.79 Å². The lowest BCUT2D eigenvalue weighted by Crippen LogP contribution is -2.41. The molecule has 4 nitrogen and oxygen atoms in total. The highest BCUT2D eigenvalue weighted by molar-refractivity contribution is 7.80. The summed E-state index contributed by atoms with van der Waals surface area (Å²) in [6.45, 7) is 3.74. The third-order valence-corrected chi connectivity index (χ3v) is 2.18. The van der Waals surface area contributed by atoms with Gasteiger partial charge in [0.15, 0.2) is 0 Å². The summed E-state index contributed by atoms with van der Waals surface area (Å²) in [4.78, 5) is 23.8. The summed E-state index contributed by atoms with van der Waals surface area (Å²) in [7, 11) is 0. The Kier molecular flexibility index (Phi) is 2.62. The van der Waals surface area contributed by atoms with Crippen LogP contribution < -0.4 is 5.32 Å². The van der Waals surface area contributed by atoms with Gasteiger partial charge in [0.1, 0.15) is 6.04 Å².